The third-order valence-corrected chi connectivity index (χ3v) is 4.66. The molecule has 0 aromatic carbocycles. The smallest absolute Gasteiger partial charge is 0.299 e. The van der Waals surface area contributed by atoms with Gasteiger partial charge in [-0.1, -0.05) is 20.8 Å². The molecule has 22 heavy (non-hydrogen) atoms. The van der Waals surface area contributed by atoms with Gasteiger partial charge < -0.3 is 0 Å². The number of Topliss-reactive ketones (excluding diaryl/α,β-unsaturated/α-hetero) is 2. The molecule has 0 aromatic heterocycles. The van der Waals surface area contributed by atoms with Crippen LogP contribution in [0.4, 0.5) is 17.6 Å². The van der Waals surface area contributed by atoms with Gasteiger partial charge in [0.2, 0.25) is 0 Å². The van der Waals surface area contributed by atoms with Gasteiger partial charge in [0.15, 0.2) is 11.5 Å². The molecule has 1 atom stereocenters. The van der Waals surface area contributed by atoms with Gasteiger partial charge in [-0.3, -0.25) is 9.59 Å². The average molecular weight is 324 g/mol. The molecule has 1 fully saturated rings. The van der Waals surface area contributed by atoms with Gasteiger partial charge >= 0.3 is 6.18 Å². The molecule has 128 valence electrons. The molecule has 1 aliphatic rings. The third-order valence-electron chi connectivity index (χ3n) is 4.66. The first-order valence-electron chi connectivity index (χ1n) is 7.70. The number of carbonyl (C=O) groups excluding carboxylic acids is 2. The number of alkyl halides is 4. The minimum Gasteiger partial charge on any atom is -0.299 e. The Hall–Kier alpha value is -0.940. The summed E-state index contributed by atoms with van der Waals surface area (Å²) >= 11 is 0. The first kappa shape index (κ1) is 19.1. The highest BCUT2D eigenvalue weighted by molar-refractivity contribution is 6.03. The van der Waals surface area contributed by atoms with Gasteiger partial charge in [-0.25, -0.2) is 4.39 Å². The summed E-state index contributed by atoms with van der Waals surface area (Å²) in [4.78, 5) is 23.9. The molecule has 0 aromatic rings. The lowest BCUT2D eigenvalue weighted by atomic mass is 9.70. The molecule has 0 spiro atoms. The molecule has 1 rings (SSSR count). The topological polar surface area (TPSA) is 34.1 Å². The van der Waals surface area contributed by atoms with Crippen LogP contribution in [0.15, 0.2) is 0 Å². The van der Waals surface area contributed by atoms with Crippen molar-refractivity contribution in [2.24, 2.45) is 11.3 Å². The van der Waals surface area contributed by atoms with Crippen LogP contribution in [-0.4, -0.2) is 23.4 Å². The highest BCUT2D eigenvalue weighted by Crippen LogP contribution is 2.43. The maximum absolute atomic E-state index is 14.7. The van der Waals surface area contributed by atoms with Crippen molar-refractivity contribution in [1.82, 2.24) is 0 Å². The fourth-order valence-corrected chi connectivity index (χ4v) is 2.83. The average Bonchev–Trinajstić information content (AvgIpc) is 2.38. The van der Waals surface area contributed by atoms with Crippen LogP contribution in [0.3, 0.4) is 0 Å². The molecule has 0 bridgehead atoms. The Morgan fingerprint density at radius 1 is 1.09 bits per heavy atom. The van der Waals surface area contributed by atoms with E-state index in [1.807, 2.05) is 13.8 Å². The van der Waals surface area contributed by atoms with Gasteiger partial charge in [0.1, 0.15) is 5.78 Å². The van der Waals surface area contributed by atoms with Crippen molar-refractivity contribution in [3.8, 4) is 0 Å². The summed E-state index contributed by atoms with van der Waals surface area (Å²) in [5, 5.41) is 0. The largest absolute Gasteiger partial charge is 0.389 e. The van der Waals surface area contributed by atoms with Crippen LogP contribution in [-0.2, 0) is 9.59 Å². The summed E-state index contributed by atoms with van der Waals surface area (Å²) in [5.41, 5.74) is -2.09. The number of hydrogen-bond acceptors (Lipinski definition) is 2. The maximum atomic E-state index is 14.7. The summed E-state index contributed by atoms with van der Waals surface area (Å²) in [6.07, 6.45) is -5.29. The standard InChI is InChI=1S/C16H24F4O2/c1-4-11(10-16(18,19)20)12(21)9-13(22)15(17)7-5-14(2,3)6-8-15/h11H,4-10H2,1-3H3. The lowest BCUT2D eigenvalue weighted by Crippen LogP contribution is -2.41. The van der Waals surface area contributed by atoms with Crippen molar-refractivity contribution in [3.63, 3.8) is 0 Å². The molecule has 1 saturated carbocycles. The zero-order valence-electron chi connectivity index (χ0n) is 13.4. The van der Waals surface area contributed by atoms with Gasteiger partial charge in [0.25, 0.3) is 0 Å². The number of hydrogen-bond donors (Lipinski definition) is 0. The molecule has 2 nitrogen and oxygen atoms in total. The molecule has 0 amide bonds. The Kier molecular flexibility index (Phi) is 5.79. The van der Waals surface area contributed by atoms with E-state index in [1.165, 1.54) is 6.92 Å². The molecule has 1 aliphatic carbocycles. The van der Waals surface area contributed by atoms with Crippen molar-refractivity contribution < 1.29 is 27.2 Å². The minimum atomic E-state index is -4.46. The van der Waals surface area contributed by atoms with Crippen LogP contribution in [0.1, 0.15) is 65.7 Å². The van der Waals surface area contributed by atoms with E-state index in [0.29, 0.717) is 12.8 Å². The molecule has 0 heterocycles. The lowest BCUT2D eigenvalue weighted by Gasteiger charge is -2.37. The van der Waals surface area contributed by atoms with E-state index in [1.54, 1.807) is 0 Å². The second-order valence-corrected chi connectivity index (χ2v) is 7.12. The summed E-state index contributed by atoms with van der Waals surface area (Å²) in [7, 11) is 0. The monoisotopic (exact) mass is 324 g/mol. The lowest BCUT2D eigenvalue weighted by molar-refractivity contribution is -0.155. The zero-order valence-corrected chi connectivity index (χ0v) is 13.4. The fraction of sp³-hybridized carbons (Fsp3) is 0.875. The Morgan fingerprint density at radius 3 is 2.00 bits per heavy atom. The van der Waals surface area contributed by atoms with Gasteiger partial charge in [-0.05, 0) is 37.5 Å². The van der Waals surface area contributed by atoms with Crippen LogP contribution in [0.5, 0.6) is 0 Å². The molecule has 1 unspecified atom stereocenters. The molecule has 6 heteroatoms. The predicted octanol–water partition coefficient (Wildman–Crippen LogP) is 4.80. The Bertz CT molecular complexity index is 416. The number of ketones is 2. The van der Waals surface area contributed by atoms with E-state index < -0.39 is 42.2 Å². The highest BCUT2D eigenvalue weighted by Gasteiger charge is 2.45. The molecule has 0 aliphatic heterocycles. The van der Waals surface area contributed by atoms with Crippen LogP contribution in [0.2, 0.25) is 0 Å². The quantitative estimate of drug-likeness (QED) is 0.519. The molecule has 0 saturated heterocycles. The van der Waals surface area contributed by atoms with Gasteiger partial charge in [-0.15, -0.1) is 0 Å². The minimum absolute atomic E-state index is 0.00204. The Labute approximate surface area is 128 Å². The van der Waals surface area contributed by atoms with Crippen LogP contribution >= 0.6 is 0 Å². The maximum Gasteiger partial charge on any atom is 0.389 e. The summed E-state index contributed by atoms with van der Waals surface area (Å²) in [6.45, 7) is 5.43. The second kappa shape index (κ2) is 6.67. The number of halogens is 4. The fourth-order valence-electron chi connectivity index (χ4n) is 2.83. The summed E-state index contributed by atoms with van der Waals surface area (Å²) in [5.74, 6) is -2.91. The first-order valence-corrected chi connectivity index (χ1v) is 7.70. The van der Waals surface area contributed by atoms with E-state index in [2.05, 4.69) is 0 Å². The van der Waals surface area contributed by atoms with Gasteiger partial charge in [0, 0.05) is 5.92 Å². The van der Waals surface area contributed by atoms with E-state index >= 15 is 0 Å². The first-order chi connectivity index (χ1) is 9.88. The van der Waals surface area contributed by atoms with E-state index in [9.17, 15) is 27.2 Å². The van der Waals surface area contributed by atoms with Crippen molar-refractivity contribution in [2.45, 2.75) is 77.6 Å². The Balaban J connectivity index is 2.65. The van der Waals surface area contributed by atoms with Crippen LogP contribution < -0.4 is 0 Å². The number of rotatable bonds is 6. The van der Waals surface area contributed by atoms with Gasteiger partial charge in [-0.2, -0.15) is 13.2 Å². The summed E-state index contributed by atoms with van der Waals surface area (Å²) in [6, 6.07) is 0. The highest BCUT2D eigenvalue weighted by atomic mass is 19.4. The zero-order chi connectivity index (χ0) is 17.2. The van der Waals surface area contributed by atoms with Crippen LogP contribution in [0, 0.1) is 11.3 Å². The predicted molar refractivity (Wildman–Crippen MR) is 75.2 cm³/mol. The summed E-state index contributed by atoms with van der Waals surface area (Å²) < 4.78 is 51.8. The molecular formula is C16H24F4O2. The Morgan fingerprint density at radius 2 is 1.59 bits per heavy atom. The molecular weight excluding hydrogens is 300 g/mol. The van der Waals surface area contributed by atoms with Crippen LogP contribution in [0.25, 0.3) is 0 Å². The molecule has 0 N–H and O–H groups in total. The number of carbonyl (C=O) groups is 2. The normalized spacial score (nSPS) is 22.1. The van der Waals surface area contributed by atoms with E-state index in [0.717, 1.165) is 0 Å². The van der Waals surface area contributed by atoms with Crippen molar-refractivity contribution in [2.75, 3.05) is 0 Å². The van der Waals surface area contributed by atoms with E-state index in [-0.39, 0.29) is 24.7 Å². The third kappa shape index (κ3) is 5.36. The van der Waals surface area contributed by atoms with Crippen molar-refractivity contribution in [3.05, 3.63) is 0 Å². The molecule has 0 radical (unpaired) electrons. The second-order valence-electron chi connectivity index (χ2n) is 7.12. The van der Waals surface area contributed by atoms with Crippen molar-refractivity contribution >= 4 is 11.6 Å². The van der Waals surface area contributed by atoms with Gasteiger partial charge in [0.05, 0.1) is 12.8 Å². The van der Waals surface area contributed by atoms with Crippen molar-refractivity contribution in [1.29, 1.82) is 0 Å². The SMILES string of the molecule is CCC(CC(F)(F)F)C(=O)CC(=O)C1(F)CCC(C)(C)CC1. The van der Waals surface area contributed by atoms with E-state index in [4.69, 9.17) is 0 Å².